The molecule has 0 bridgehead atoms. The molecular formula is C12H18N2O2. The number of rotatable bonds is 5. The predicted octanol–water partition coefficient (Wildman–Crippen LogP) is 1.35. The maximum atomic E-state index is 10.8. The van der Waals surface area contributed by atoms with E-state index in [9.17, 15) is 4.79 Å². The van der Waals surface area contributed by atoms with Crippen LogP contribution in [0.15, 0.2) is 24.3 Å². The summed E-state index contributed by atoms with van der Waals surface area (Å²) in [4.78, 5) is 10.8. The molecule has 0 heterocycles. The second-order valence-corrected chi connectivity index (χ2v) is 3.70. The zero-order chi connectivity index (χ0) is 12.0. The molecule has 0 fully saturated rings. The van der Waals surface area contributed by atoms with Crippen LogP contribution in [0.2, 0.25) is 0 Å². The molecule has 0 saturated carbocycles. The Kier molecular flexibility index (Phi) is 4.95. The average molecular weight is 222 g/mol. The largest absolute Gasteiger partial charge is 0.427 e. The monoisotopic (exact) mass is 222 g/mol. The van der Waals surface area contributed by atoms with E-state index in [1.807, 2.05) is 12.1 Å². The summed E-state index contributed by atoms with van der Waals surface area (Å²) in [5, 5.41) is 0. The zero-order valence-corrected chi connectivity index (χ0v) is 9.48. The molecule has 88 valence electrons. The van der Waals surface area contributed by atoms with Gasteiger partial charge in [-0.15, -0.1) is 0 Å². The summed E-state index contributed by atoms with van der Waals surface area (Å²) in [6, 6.07) is 7.23. The standard InChI is InChI=1S/C12H18N2O2/c1-9(15)16-11-5-2-4-10(8-11)12(14)6-3-7-13/h2,4-5,8,12H,3,6-7,13-14H2,1H3/t12-/m0/s1. The van der Waals surface area contributed by atoms with Crippen molar-refractivity contribution in [1.82, 2.24) is 0 Å². The number of hydrogen-bond donors (Lipinski definition) is 2. The Morgan fingerprint density at radius 1 is 1.50 bits per heavy atom. The van der Waals surface area contributed by atoms with E-state index in [0.29, 0.717) is 12.3 Å². The van der Waals surface area contributed by atoms with Crippen LogP contribution in [-0.4, -0.2) is 12.5 Å². The number of hydrogen-bond acceptors (Lipinski definition) is 4. The minimum absolute atomic E-state index is 0.0564. The topological polar surface area (TPSA) is 78.3 Å². The molecule has 0 spiro atoms. The summed E-state index contributed by atoms with van der Waals surface area (Å²) in [7, 11) is 0. The summed E-state index contributed by atoms with van der Waals surface area (Å²) in [6.45, 7) is 2.01. The van der Waals surface area contributed by atoms with E-state index in [4.69, 9.17) is 16.2 Å². The first-order valence-electron chi connectivity index (χ1n) is 5.37. The van der Waals surface area contributed by atoms with Crippen molar-refractivity contribution in [3.63, 3.8) is 0 Å². The van der Waals surface area contributed by atoms with E-state index < -0.39 is 0 Å². The highest BCUT2D eigenvalue weighted by molar-refractivity contribution is 5.69. The molecule has 4 heteroatoms. The van der Waals surface area contributed by atoms with E-state index in [-0.39, 0.29) is 12.0 Å². The van der Waals surface area contributed by atoms with Crippen molar-refractivity contribution < 1.29 is 9.53 Å². The lowest BCUT2D eigenvalue weighted by Gasteiger charge is -2.12. The van der Waals surface area contributed by atoms with Crippen LogP contribution < -0.4 is 16.2 Å². The van der Waals surface area contributed by atoms with E-state index in [2.05, 4.69) is 0 Å². The highest BCUT2D eigenvalue weighted by Crippen LogP contribution is 2.20. The van der Waals surface area contributed by atoms with Gasteiger partial charge >= 0.3 is 5.97 Å². The summed E-state index contributed by atoms with van der Waals surface area (Å²) < 4.78 is 4.99. The lowest BCUT2D eigenvalue weighted by Crippen LogP contribution is -2.12. The van der Waals surface area contributed by atoms with Crippen LogP contribution in [0.5, 0.6) is 5.75 Å². The smallest absolute Gasteiger partial charge is 0.308 e. The summed E-state index contributed by atoms with van der Waals surface area (Å²) >= 11 is 0. The third kappa shape index (κ3) is 4.00. The minimum Gasteiger partial charge on any atom is -0.427 e. The molecule has 0 aliphatic heterocycles. The quantitative estimate of drug-likeness (QED) is 0.582. The Morgan fingerprint density at radius 2 is 2.25 bits per heavy atom. The van der Waals surface area contributed by atoms with Crippen LogP contribution in [0.4, 0.5) is 0 Å². The molecule has 1 aromatic rings. The third-order valence-corrected chi connectivity index (χ3v) is 2.27. The van der Waals surface area contributed by atoms with Gasteiger partial charge < -0.3 is 16.2 Å². The predicted molar refractivity (Wildman–Crippen MR) is 63.0 cm³/mol. The van der Waals surface area contributed by atoms with Crippen molar-refractivity contribution in [3.8, 4) is 5.75 Å². The van der Waals surface area contributed by atoms with E-state index >= 15 is 0 Å². The second-order valence-electron chi connectivity index (χ2n) is 3.70. The Labute approximate surface area is 95.6 Å². The van der Waals surface area contributed by atoms with Gasteiger partial charge in [-0.1, -0.05) is 12.1 Å². The Bertz CT molecular complexity index is 353. The van der Waals surface area contributed by atoms with Crippen molar-refractivity contribution in [1.29, 1.82) is 0 Å². The molecule has 0 saturated heterocycles. The molecule has 0 unspecified atom stereocenters. The third-order valence-electron chi connectivity index (χ3n) is 2.27. The van der Waals surface area contributed by atoms with Gasteiger partial charge in [0.1, 0.15) is 5.75 Å². The van der Waals surface area contributed by atoms with E-state index in [1.165, 1.54) is 6.92 Å². The maximum absolute atomic E-state index is 10.8. The van der Waals surface area contributed by atoms with Crippen molar-refractivity contribution in [2.24, 2.45) is 11.5 Å². The highest BCUT2D eigenvalue weighted by Gasteiger charge is 2.07. The van der Waals surface area contributed by atoms with Crippen molar-refractivity contribution in [2.75, 3.05) is 6.54 Å². The minimum atomic E-state index is -0.326. The zero-order valence-electron chi connectivity index (χ0n) is 9.48. The van der Waals surface area contributed by atoms with Crippen LogP contribution in [0.1, 0.15) is 31.4 Å². The van der Waals surface area contributed by atoms with Gasteiger partial charge in [0.15, 0.2) is 0 Å². The van der Waals surface area contributed by atoms with Crippen molar-refractivity contribution in [2.45, 2.75) is 25.8 Å². The normalized spacial score (nSPS) is 12.2. The number of benzene rings is 1. The van der Waals surface area contributed by atoms with E-state index in [0.717, 1.165) is 18.4 Å². The van der Waals surface area contributed by atoms with Crippen molar-refractivity contribution >= 4 is 5.97 Å². The Morgan fingerprint density at radius 3 is 2.88 bits per heavy atom. The number of nitrogens with two attached hydrogens (primary N) is 2. The molecular weight excluding hydrogens is 204 g/mol. The van der Waals surface area contributed by atoms with Gasteiger partial charge in [-0.2, -0.15) is 0 Å². The summed E-state index contributed by atoms with van der Waals surface area (Å²) in [5.74, 6) is 0.209. The molecule has 0 aromatic heterocycles. The molecule has 1 aromatic carbocycles. The van der Waals surface area contributed by atoms with Crippen LogP contribution in [-0.2, 0) is 4.79 Å². The molecule has 4 N–H and O–H groups in total. The molecule has 4 nitrogen and oxygen atoms in total. The number of esters is 1. The fourth-order valence-electron chi connectivity index (χ4n) is 1.48. The molecule has 0 aliphatic carbocycles. The molecule has 1 atom stereocenters. The van der Waals surface area contributed by atoms with Crippen LogP contribution in [0.25, 0.3) is 0 Å². The SMILES string of the molecule is CC(=O)Oc1cccc([C@@H](N)CCCN)c1. The first kappa shape index (κ1) is 12.7. The fourth-order valence-corrected chi connectivity index (χ4v) is 1.48. The Balaban J connectivity index is 2.69. The molecule has 1 rings (SSSR count). The van der Waals surface area contributed by atoms with E-state index in [1.54, 1.807) is 12.1 Å². The number of carbonyl (C=O) groups excluding carboxylic acids is 1. The van der Waals surface area contributed by atoms with Gasteiger partial charge in [-0.3, -0.25) is 4.79 Å². The van der Waals surface area contributed by atoms with Crippen LogP contribution in [0, 0.1) is 0 Å². The lowest BCUT2D eigenvalue weighted by atomic mass is 10.0. The summed E-state index contributed by atoms with van der Waals surface area (Å²) in [6.07, 6.45) is 1.72. The fraction of sp³-hybridized carbons (Fsp3) is 0.417. The van der Waals surface area contributed by atoms with Gasteiger partial charge in [0.2, 0.25) is 0 Å². The first-order valence-corrected chi connectivity index (χ1v) is 5.37. The second kappa shape index (κ2) is 6.25. The average Bonchev–Trinajstić information content (AvgIpc) is 2.25. The highest BCUT2D eigenvalue weighted by atomic mass is 16.5. The molecule has 0 aliphatic rings. The van der Waals surface area contributed by atoms with Gasteiger partial charge in [-0.25, -0.2) is 0 Å². The Hall–Kier alpha value is -1.39. The van der Waals surface area contributed by atoms with Gasteiger partial charge in [0, 0.05) is 13.0 Å². The maximum Gasteiger partial charge on any atom is 0.308 e. The molecule has 0 radical (unpaired) electrons. The van der Waals surface area contributed by atoms with Gasteiger partial charge in [-0.05, 0) is 37.1 Å². The molecule has 16 heavy (non-hydrogen) atoms. The van der Waals surface area contributed by atoms with Crippen LogP contribution in [0.3, 0.4) is 0 Å². The first-order chi connectivity index (χ1) is 7.63. The molecule has 0 amide bonds. The van der Waals surface area contributed by atoms with Crippen molar-refractivity contribution in [3.05, 3.63) is 29.8 Å². The summed E-state index contributed by atoms with van der Waals surface area (Å²) in [5.41, 5.74) is 12.4. The van der Waals surface area contributed by atoms with Crippen LogP contribution >= 0.6 is 0 Å². The number of ether oxygens (including phenoxy) is 1. The lowest BCUT2D eigenvalue weighted by molar-refractivity contribution is -0.131. The van der Waals surface area contributed by atoms with Gasteiger partial charge in [0.05, 0.1) is 0 Å². The number of carbonyl (C=O) groups is 1. The van der Waals surface area contributed by atoms with Gasteiger partial charge in [0.25, 0.3) is 0 Å².